The number of nitrogens with zero attached hydrogens (tertiary/aromatic N) is 3. The number of ether oxygens (including phenoxy) is 2. The van der Waals surface area contributed by atoms with Crippen molar-refractivity contribution in [2.45, 2.75) is 38.1 Å². The molecule has 0 spiro atoms. The van der Waals surface area contributed by atoms with Crippen LogP contribution < -0.4 is 9.47 Å². The molecule has 0 unspecified atom stereocenters. The summed E-state index contributed by atoms with van der Waals surface area (Å²) in [5.41, 5.74) is 0.666. The fraction of sp³-hybridized carbons (Fsp3) is 0.333. The topological polar surface area (TPSA) is 102 Å². The van der Waals surface area contributed by atoms with Crippen LogP contribution in [0.25, 0.3) is 11.3 Å². The quantitative estimate of drug-likeness (QED) is 0.397. The monoisotopic (exact) mass is 539 g/mol. The van der Waals surface area contributed by atoms with Gasteiger partial charge in [0.25, 0.3) is 5.91 Å². The summed E-state index contributed by atoms with van der Waals surface area (Å²) < 4.78 is 66.2. The number of carboxylic acids is 1. The van der Waals surface area contributed by atoms with E-state index in [1.54, 1.807) is 13.0 Å². The summed E-state index contributed by atoms with van der Waals surface area (Å²) in [7, 11) is 0. The second-order valence-corrected chi connectivity index (χ2v) is 9.14. The molecule has 4 rings (SSSR count). The van der Waals surface area contributed by atoms with Gasteiger partial charge in [-0.3, -0.25) is 4.79 Å². The molecule has 1 N–H and O–H groups in total. The zero-order valence-corrected chi connectivity index (χ0v) is 20.2. The van der Waals surface area contributed by atoms with Crippen molar-refractivity contribution in [3.8, 4) is 22.9 Å². The average Bonchev–Trinajstić information content (AvgIpc) is 3.53. The van der Waals surface area contributed by atoms with Gasteiger partial charge in [0, 0.05) is 18.2 Å². The molecule has 3 aromatic rings. The number of carboxylic acid groups (broad SMARTS) is 1. The van der Waals surface area contributed by atoms with E-state index < -0.39 is 42.6 Å². The highest BCUT2D eigenvalue weighted by Gasteiger charge is 2.35. The van der Waals surface area contributed by atoms with Gasteiger partial charge in [-0.2, -0.15) is 17.5 Å². The van der Waals surface area contributed by atoms with Crippen molar-refractivity contribution in [1.29, 1.82) is 0 Å². The number of pyridine rings is 1. The van der Waals surface area contributed by atoms with Gasteiger partial charge >= 0.3 is 12.1 Å². The van der Waals surface area contributed by atoms with Crippen molar-refractivity contribution in [3.05, 3.63) is 58.9 Å². The van der Waals surface area contributed by atoms with Gasteiger partial charge in [0.2, 0.25) is 5.88 Å². The Morgan fingerprint density at radius 2 is 2.03 bits per heavy atom. The highest BCUT2D eigenvalue weighted by molar-refractivity contribution is 7.06. The van der Waals surface area contributed by atoms with Crippen LogP contribution in [0.15, 0.2) is 42.6 Å². The van der Waals surface area contributed by atoms with Gasteiger partial charge < -0.3 is 19.5 Å². The summed E-state index contributed by atoms with van der Waals surface area (Å²) in [4.78, 5) is 29.7. The van der Waals surface area contributed by atoms with Crippen LogP contribution in [-0.4, -0.2) is 56.6 Å². The molecular weight excluding hydrogens is 518 g/mol. The summed E-state index contributed by atoms with van der Waals surface area (Å²) in [6.07, 6.45) is -2.86. The molecule has 0 aliphatic carbocycles. The molecule has 1 amide bonds. The molecule has 1 saturated heterocycles. The molecular formula is C24H21F4N3O5S. The highest BCUT2D eigenvalue weighted by atomic mass is 32.1. The number of halogens is 4. The lowest BCUT2D eigenvalue weighted by Gasteiger charge is -2.21. The Kier molecular flexibility index (Phi) is 7.62. The molecule has 196 valence electrons. The van der Waals surface area contributed by atoms with E-state index in [2.05, 4.69) is 14.1 Å². The summed E-state index contributed by atoms with van der Waals surface area (Å²) >= 11 is 1.12. The van der Waals surface area contributed by atoms with Gasteiger partial charge in [-0.25, -0.2) is 14.2 Å². The van der Waals surface area contributed by atoms with Gasteiger partial charge in [0.1, 0.15) is 23.7 Å². The lowest BCUT2D eigenvalue weighted by atomic mass is 10.1. The number of carbonyl (C=O) groups excluding carboxylic acids is 1. The zero-order valence-electron chi connectivity index (χ0n) is 19.4. The van der Waals surface area contributed by atoms with Crippen LogP contribution in [0.2, 0.25) is 0 Å². The Bertz CT molecular complexity index is 1280. The third-order valence-corrected chi connectivity index (χ3v) is 6.58. The molecule has 0 radical (unpaired) electrons. The van der Waals surface area contributed by atoms with Crippen molar-refractivity contribution in [2.75, 3.05) is 13.2 Å². The van der Waals surface area contributed by atoms with Crippen LogP contribution in [0.1, 0.15) is 41.1 Å². The molecule has 1 aromatic carbocycles. The molecule has 13 heteroatoms. The molecule has 2 aromatic heterocycles. The first-order valence-corrected chi connectivity index (χ1v) is 11.9. The maximum atomic E-state index is 14.8. The lowest BCUT2D eigenvalue weighted by molar-refractivity contribution is -0.154. The van der Waals surface area contributed by atoms with Gasteiger partial charge in [-0.1, -0.05) is 6.07 Å². The maximum absolute atomic E-state index is 14.8. The SMILES string of the molecule is C[C@@H](Oc1ccc(OCC(F)(F)F)nc1)c1cc(-c2ccc(C(=O)N3CCC[C@H]3C(=O)O)c(F)c2)ns1. The Hall–Kier alpha value is -3.74. The van der Waals surface area contributed by atoms with Crippen LogP contribution in [-0.2, 0) is 4.79 Å². The van der Waals surface area contributed by atoms with Crippen LogP contribution in [0.3, 0.4) is 0 Å². The van der Waals surface area contributed by atoms with Gasteiger partial charge in [0.05, 0.1) is 22.3 Å². The zero-order chi connectivity index (χ0) is 26.7. The minimum Gasteiger partial charge on any atom is -0.484 e. The van der Waals surface area contributed by atoms with E-state index >= 15 is 0 Å². The minimum atomic E-state index is -4.47. The third kappa shape index (κ3) is 6.34. The van der Waals surface area contributed by atoms with Crippen LogP contribution >= 0.6 is 11.5 Å². The predicted octanol–water partition coefficient (Wildman–Crippen LogP) is 5.11. The van der Waals surface area contributed by atoms with Crippen molar-refractivity contribution >= 4 is 23.4 Å². The molecule has 3 heterocycles. The van der Waals surface area contributed by atoms with Crippen molar-refractivity contribution in [1.82, 2.24) is 14.3 Å². The molecule has 0 saturated carbocycles. The first-order valence-electron chi connectivity index (χ1n) is 11.1. The molecule has 2 atom stereocenters. The Balaban J connectivity index is 1.41. The van der Waals surface area contributed by atoms with E-state index in [1.807, 2.05) is 0 Å². The average molecular weight is 540 g/mol. The van der Waals surface area contributed by atoms with E-state index in [1.165, 1.54) is 41.4 Å². The number of benzene rings is 1. The number of aliphatic carboxylic acids is 1. The number of aromatic nitrogens is 2. The number of rotatable bonds is 8. The standard InChI is InChI=1S/C24H21F4N3O5S/c1-13(36-15-5-7-21(29-11-15)35-12-24(26,27)28)20-10-18(30-37-20)14-4-6-16(17(25)9-14)22(32)31-8-2-3-19(31)23(33)34/h4-7,9-11,13,19H,2-3,8,12H2,1H3,(H,33,34)/t13-,19+/m1/s1. The highest BCUT2D eigenvalue weighted by Crippen LogP contribution is 2.31. The lowest BCUT2D eigenvalue weighted by Crippen LogP contribution is -2.40. The summed E-state index contributed by atoms with van der Waals surface area (Å²) in [5.74, 6) is -2.45. The largest absolute Gasteiger partial charge is 0.484 e. The molecule has 1 aliphatic rings. The second kappa shape index (κ2) is 10.7. The summed E-state index contributed by atoms with van der Waals surface area (Å²) in [6, 6.07) is 7.45. The van der Waals surface area contributed by atoms with Crippen molar-refractivity contribution < 1.29 is 41.7 Å². The van der Waals surface area contributed by atoms with Crippen LogP contribution in [0, 0.1) is 5.82 Å². The normalized spacial score (nSPS) is 16.5. The molecule has 0 bridgehead atoms. The first-order chi connectivity index (χ1) is 17.5. The molecule has 8 nitrogen and oxygen atoms in total. The maximum Gasteiger partial charge on any atom is 0.422 e. The minimum absolute atomic E-state index is 0.190. The Morgan fingerprint density at radius 3 is 2.68 bits per heavy atom. The number of alkyl halides is 3. The number of amides is 1. The predicted molar refractivity (Wildman–Crippen MR) is 124 cm³/mol. The van der Waals surface area contributed by atoms with Crippen molar-refractivity contribution in [2.24, 2.45) is 0 Å². The molecule has 37 heavy (non-hydrogen) atoms. The second-order valence-electron chi connectivity index (χ2n) is 8.30. The Labute approximate surface area is 212 Å². The van der Waals surface area contributed by atoms with E-state index in [-0.39, 0.29) is 18.0 Å². The smallest absolute Gasteiger partial charge is 0.422 e. The number of hydrogen-bond acceptors (Lipinski definition) is 7. The third-order valence-electron chi connectivity index (χ3n) is 5.63. The van der Waals surface area contributed by atoms with Crippen molar-refractivity contribution in [3.63, 3.8) is 0 Å². The summed E-state index contributed by atoms with van der Waals surface area (Å²) in [5, 5.41) is 9.29. The van der Waals surface area contributed by atoms with E-state index in [0.717, 1.165) is 11.5 Å². The number of carbonyl (C=O) groups is 2. The first kappa shape index (κ1) is 26.3. The van der Waals surface area contributed by atoms with Gasteiger partial charge in [0.15, 0.2) is 6.61 Å². The van der Waals surface area contributed by atoms with E-state index in [9.17, 15) is 32.3 Å². The van der Waals surface area contributed by atoms with Crippen LogP contribution in [0.5, 0.6) is 11.6 Å². The molecule has 1 aliphatic heterocycles. The number of likely N-dealkylation sites (tertiary alicyclic amines) is 1. The van der Waals surface area contributed by atoms with Gasteiger partial charge in [-0.05, 0) is 55.6 Å². The fourth-order valence-electron chi connectivity index (χ4n) is 3.83. The van der Waals surface area contributed by atoms with Gasteiger partial charge in [-0.15, -0.1) is 0 Å². The Morgan fingerprint density at radius 1 is 1.24 bits per heavy atom. The fourth-order valence-corrected chi connectivity index (χ4v) is 4.55. The number of hydrogen-bond donors (Lipinski definition) is 1. The molecule has 1 fully saturated rings. The van der Waals surface area contributed by atoms with E-state index in [0.29, 0.717) is 34.7 Å². The van der Waals surface area contributed by atoms with E-state index in [4.69, 9.17) is 4.74 Å². The summed E-state index contributed by atoms with van der Waals surface area (Å²) in [6.45, 7) is 0.545. The van der Waals surface area contributed by atoms with Crippen LogP contribution in [0.4, 0.5) is 17.6 Å².